The van der Waals surface area contributed by atoms with Crippen LogP contribution in [-0.4, -0.2) is 27.3 Å². The summed E-state index contributed by atoms with van der Waals surface area (Å²) in [6, 6.07) is 20.8. The van der Waals surface area contributed by atoms with E-state index in [-0.39, 0.29) is 0 Å². The molecule has 0 aliphatic carbocycles. The van der Waals surface area contributed by atoms with Gasteiger partial charge in [-0.1, -0.05) is 54.2 Å². The van der Waals surface area contributed by atoms with Crippen LogP contribution in [0.2, 0.25) is 0 Å². The number of imidazole rings is 1. The van der Waals surface area contributed by atoms with E-state index in [1.165, 1.54) is 10.5 Å². The third-order valence-corrected chi connectivity index (χ3v) is 6.66. The lowest BCUT2D eigenvalue weighted by atomic mass is 10.1. The smallest absolute Gasteiger partial charge is 0.166 e. The molecule has 0 aliphatic rings. The summed E-state index contributed by atoms with van der Waals surface area (Å²) >= 11 is 3.50. The van der Waals surface area contributed by atoms with E-state index in [1.54, 1.807) is 11.8 Å². The second-order valence-electron chi connectivity index (χ2n) is 6.80. The van der Waals surface area contributed by atoms with Gasteiger partial charge in [0.15, 0.2) is 10.9 Å². The molecule has 2 aromatic heterocycles. The van der Waals surface area contributed by atoms with Crippen molar-refractivity contribution in [3.8, 4) is 5.75 Å². The van der Waals surface area contributed by atoms with Gasteiger partial charge in [0.05, 0.1) is 28.2 Å². The molecule has 6 heteroatoms. The number of nitrogens with zero attached hydrogens (tertiary/aromatic N) is 2. The number of hydrogen-bond donors (Lipinski definition) is 1. The number of benzene rings is 2. The molecule has 0 aliphatic heterocycles. The highest BCUT2D eigenvalue weighted by atomic mass is 32.2. The fraction of sp³-hybridized carbons (Fsp3) is 0.250. The molecule has 2 heterocycles. The van der Waals surface area contributed by atoms with E-state index in [2.05, 4.69) is 51.4 Å². The summed E-state index contributed by atoms with van der Waals surface area (Å²) in [4.78, 5) is 13.8. The molecule has 2 aromatic carbocycles. The highest BCUT2D eigenvalue weighted by Crippen LogP contribution is 2.35. The number of para-hydroxylation sites is 2. The van der Waals surface area contributed by atoms with Crippen molar-refractivity contribution in [2.45, 2.75) is 35.6 Å². The number of aromatic nitrogens is 3. The Hall–Kier alpha value is -2.44. The summed E-state index contributed by atoms with van der Waals surface area (Å²) in [5.74, 6) is 2.68. The van der Waals surface area contributed by atoms with E-state index in [4.69, 9.17) is 4.74 Å². The average molecular weight is 436 g/mol. The van der Waals surface area contributed by atoms with E-state index < -0.39 is 0 Å². The van der Waals surface area contributed by atoms with Gasteiger partial charge in [0.25, 0.3) is 0 Å². The van der Waals surface area contributed by atoms with Crippen LogP contribution in [0.3, 0.4) is 0 Å². The van der Waals surface area contributed by atoms with E-state index in [9.17, 15) is 0 Å². The van der Waals surface area contributed by atoms with Crippen LogP contribution < -0.4 is 4.74 Å². The van der Waals surface area contributed by atoms with Gasteiger partial charge >= 0.3 is 0 Å². The van der Waals surface area contributed by atoms with Crippen molar-refractivity contribution < 1.29 is 4.74 Å². The van der Waals surface area contributed by atoms with E-state index in [0.717, 1.165) is 46.2 Å². The highest BCUT2D eigenvalue weighted by Gasteiger charge is 2.13. The molecule has 0 radical (unpaired) electrons. The highest BCUT2D eigenvalue weighted by molar-refractivity contribution is 7.99. The normalized spacial score (nSPS) is 11.1. The Bertz CT molecular complexity index is 1050. The number of aromatic amines is 1. The molecule has 4 rings (SSSR count). The van der Waals surface area contributed by atoms with Crippen LogP contribution in [0.15, 0.2) is 76.9 Å². The molecule has 4 nitrogen and oxygen atoms in total. The molecule has 0 unspecified atom stereocenters. The molecule has 0 amide bonds. The Morgan fingerprint density at radius 1 is 0.967 bits per heavy atom. The predicted octanol–water partition coefficient (Wildman–Crippen LogP) is 6.37. The lowest BCUT2D eigenvalue weighted by Crippen LogP contribution is -2.00. The number of aryl methyl sites for hydroxylation is 1. The van der Waals surface area contributed by atoms with Gasteiger partial charge in [0.1, 0.15) is 0 Å². The monoisotopic (exact) mass is 435 g/mol. The van der Waals surface area contributed by atoms with Crippen molar-refractivity contribution in [2.24, 2.45) is 0 Å². The molecule has 0 atom stereocenters. The Kier molecular flexibility index (Phi) is 7.32. The van der Waals surface area contributed by atoms with Crippen molar-refractivity contribution in [2.75, 3.05) is 12.4 Å². The molecule has 0 spiro atoms. The summed E-state index contributed by atoms with van der Waals surface area (Å²) in [5, 5.41) is 0.904. The van der Waals surface area contributed by atoms with Crippen molar-refractivity contribution in [1.29, 1.82) is 0 Å². The summed E-state index contributed by atoms with van der Waals surface area (Å²) in [6.07, 6.45) is 4.11. The zero-order valence-electron chi connectivity index (χ0n) is 17.0. The van der Waals surface area contributed by atoms with E-state index in [1.807, 2.05) is 49.1 Å². The van der Waals surface area contributed by atoms with Crippen LogP contribution in [0.1, 0.15) is 24.6 Å². The quantitative estimate of drug-likeness (QED) is 0.232. The summed E-state index contributed by atoms with van der Waals surface area (Å²) in [7, 11) is 0. The predicted molar refractivity (Wildman–Crippen MR) is 127 cm³/mol. The molecule has 0 fully saturated rings. The minimum atomic E-state index is 0.631. The lowest BCUT2D eigenvalue weighted by molar-refractivity contribution is 0.327. The SMILES string of the molecule is CCOc1c(SCCCc2ccccc2)ccnc1CSc1nc2ccccc2[nH]1. The van der Waals surface area contributed by atoms with Crippen LogP contribution in [0.5, 0.6) is 5.75 Å². The molecular formula is C24H25N3OS2. The van der Waals surface area contributed by atoms with Crippen molar-refractivity contribution in [1.82, 2.24) is 15.0 Å². The maximum absolute atomic E-state index is 6.00. The number of hydrogen-bond acceptors (Lipinski definition) is 5. The van der Waals surface area contributed by atoms with Gasteiger partial charge in [0, 0.05) is 11.9 Å². The Morgan fingerprint density at radius 3 is 2.63 bits per heavy atom. The number of H-pyrrole nitrogens is 1. The summed E-state index contributed by atoms with van der Waals surface area (Å²) in [5.41, 5.74) is 4.40. The molecule has 0 saturated carbocycles. The van der Waals surface area contributed by atoms with Gasteiger partial charge in [-0.15, -0.1) is 11.8 Å². The Morgan fingerprint density at radius 2 is 1.80 bits per heavy atom. The maximum atomic E-state index is 6.00. The molecule has 1 N–H and O–H groups in total. The third-order valence-electron chi connectivity index (χ3n) is 4.65. The Labute approximate surface area is 185 Å². The second kappa shape index (κ2) is 10.5. The van der Waals surface area contributed by atoms with Crippen LogP contribution in [0, 0.1) is 0 Å². The molecule has 30 heavy (non-hydrogen) atoms. The van der Waals surface area contributed by atoms with Crippen LogP contribution >= 0.6 is 23.5 Å². The largest absolute Gasteiger partial charge is 0.491 e. The Balaban J connectivity index is 1.40. The van der Waals surface area contributed by atoms with Gasteiger partial charge < -0.3 is 9.72 Å². The van der Waals surface area contributed by atoms with Crippen LogP contribution in [0.25, 0.3) is 11.0 Å². The van der Waals surface area contributed by atoms with Gasteiger partial charge in [-0.2, -0.15) is 0 Å². The number of rotatable bonds is 10. The second-order valence-corrected chi connectivity index (χ2v) is 8.90. The van der Waals surface area contributed by atoms with Crippen molar-refractivity contribution in [3.63, 3.8) is 0 Å². The van der Waals surface area contributed by atoms with Gasteiger partial charge in [0.2, 0.25) is 0 Å². The maximum Gasteiger partial charge on any atom is 0.166 e. The standard InChI is InChI=1S/C24H25N3OS2/c1-2-28-23-21(17-30-24-26-19-12-6-7-13-20(19)27-24)25-15-14-22(23)29-16-8-11-18-9-4-3-5-10-18/h3-7,9-10,12-15H,2,8,11,16-17H2,1H3,(H,26,27). The number of thioether (sulfide) groups is 2. The minimum Gasteiger partial charge on any atom is -0.491 e. The molecular weight excluding hydrogens is 410 g/mol. The van der Waals surface area contributed by atoms with Crippen LogP contribution in [-0.2, 0) is 12.2 Å². The molecule has 154 valence electrons. The number of nitrogens with one attached hydrogen (secondary N) is 1. The average Bonchev–Trinajstić information content (AvgIpc) is 3.20. The molecule has 4 aromatic rings. The molecule has 0 bridgehead atoms. The van der Waals surface area contributed by atoms with Crippen molar-refractivity contribution >= 4 is 34.6 Å². The van der Waals surface area contributed by atoms with Crippen molar-refractivity contribution in [3.05, 3.63) is 78.1 Å². The van der Waals surface area contributed by atoms with Gasteiger partial charge in [-0.05, 0) is 49.3 Å². The first-order valence-corrected chi connectivity index (χ1v) is 12.2. The minimum absolute atomic E-state index is 0.631. The third kappa shape index (κ3) is 5.37. The summed E-state index contributed by atoms with van der Waals surface area (Å²) < 4.78 is 6.00. The summed E-state index contributed by atoms with van der Waals surface area (Å²) in [6.45, 7) is 2.65. The lowest BCUT2D eigenvalue weighted by Gasteiger charge is -2.13. The first-order valence-electron chi connectivity index (χ1n) is 10.2. The topological polar surface area (TPSA) is 50.8 Å². The first-order chi connectivity index (χ1) is 14.8. The van der Waals surface area contributed by atoms with Crippen LogP contribution in [0.4, 0.5) is 0 Å². The fourth-order valence-electron chi connectivity index (χ4n) is 3.22. The van der Waals surface area contributed by atoms with Gasteiger partial charge in [-0.3, -0.25) is 4.98 Å². The molecule has 0 saturated heterocycles. The number of ether oxygens (including phenoxy) is 1. The first kappa shape index (κ1) is 20.8. The van der Waals surface area contributed by atoms with E-state index >= 15 is 0 Å². The van der Waals surface area contributed by atoms with Gasteiger partial charge in [-0.25, -0.2) is 4.98 Å². The number of fused-ring (bicyclic) bond motifs is 1. The van der Waals surface area contributed by atoms with E-state index in [0.29, 0.717) is 12.4 Å². The zero-order chi connectivity index (χ0) is 20.6. The number of pyridine rings is 1. The fourth-order valence-corrected chi connectivity index (χ4v) is 5.02. The zero-order valence-corrected chi connectivity index (χ0v) is 18.6.